The number of carbonyl (C=O) groups is 1. The van der Waals surface area contributed by atoms with E-state index in [1.165, 1.54) is 29.5 Å². The lowest BCUT2D eigenvalue weighted by Crippen LogP contribution is -2.49. The van der Waals surface area contributed by atoms with Gasteiger partial charge in [0.15, 0.2) is 0 Å². The molecule has 5 heteroatoms. The summed E-state index contributed by atoms with van der Waals surface area (Å²) in [5.41, 5.74) is 5.24. The van der Waals surface area contributed by atoms with Crippen molar-refractivity contribution in [2.45, 2.75) is 59.4 Å². The predicted octanol–water partition coefficient (Wildman–Crippen LogP) is 6.29. The van der Waals surface area contributed by atoms with Crippen molar-refractivity contribution in [2.24, 2.45) is 11.8 Å². The summed E-state index contributed by atoms with van der Waals surface area (Å²) in [6, 6.07) is 12.7. The molecule has 0 radical (unpaired) electrons. The fraction of sp³-hybridized carbons (Fsp3) is 0.519. The number of hydrogen-bond donors (Lipinski definition) is 1. The van der Waals surface area contributed by atoms with Crippen LogP contribution in [-0.4, -0.2) is 35.7 Å². The number of benzene rings is 2. The van der Waals surface area contributed by atoms with Crippen LogP contribution in [0.25, 0.3) is 0 Å². The minimum Gasteiger partial charge on any atom is -0.492 e. The number of nitrogens with zero attached hydrogens (tertiary/aromatic N) is 1. The maximum Gasteiger partial charge on any atom is 0.309 e. The third kappa shape index (κ3) is 6.98. The molecule has 1 aliphatic rings. The largest absolute Gasteiger partial charge is 0.492 e. The molecule has 1 N–H and O–H groups in total. The molecule has 2 aromatic rings. The monoisotopic (exact) mass is 457 g/mol. The molecule has 0 aliphatic carbocycles. The number of carboxylic acids is 1. The van der Waals surface area contributed by atoms with Gasteiger partial charge in [-0.15, -0.1) is 0 Å². The average molecular weight is 458 g/mol. The first-order valence-electron chi connectivity index (χ1n) is 11.8. The van der Waals surface area contributed by atoms with E-state index < -0.39 is 5.97 Å². The third-order valence-corrected chi connectivity index (χ3v) is 6.81. The van der Waals surface area contributed by atoms with E-state index >= 15 is 0 Å². The molecular weight excluding hydrogens is 422 g/mol. The number of hydrogen-bond acceptors (Lipinski definition) is 3. The van der Waals surface area contributed by atoms with Gasteiger partial charge in [0, 0.05) is 19.6 Å². The molecule has 0 saturated carbocycles. The zero-order valence-electron chi connectivity index (χ0n) is 19.6. The van der Waals surface area contributed by atoms with Gasteiger partial charge in [-0.3, -0.25) is 9.69 Å². The van der Waals surface area contributed by atoms with Gasteiger partial charge in [-0.2, -0.15) is 0 Å². The third-order valence-electron chi connectivity index (χ3n) is 6.52. The standard InChI is InChI=1S/C27H36ClNO3/c1-4-6-21(14-22-9-8-19(2)20(3)13-22)7-5-12-32-26-11-10-23(15-25(26)28)16-29-17-24(18-29)27(30)31/h8-11,13,15,21,24H,4-7,12,14,16-18H2,1-3H3,(H,30,31). The lowest BCUT2D eigenvalue weighted by atomic mass is 9.90. The van der Waals surface area contributed by atoms with Crippen LogP contribution >= 0.6 is 11.6 Å². The summed E-state index contributed by atoms with van der Waals surface area (Å²) in [5.74, 6) is 0.455. The number of aliphatic carboxylic acids is 1. The van der Waals surface area contributed by atoms with E-state index in [-0.39, 0.29) is 5.92 Å². The van der Waals surface area contributed by atoms with Crippen LogP contribution < -0.4 is 4.74 Å². The van der Waals surface area contributed by atoms with Crippen LogP contribution in [0.15, 0.2) is 36.4 Å². The molecule has 1 atom stereocenters. The summed E-state index contributed by atoms with van der Waals surface area (Å²) in [5, 5.41) is 9.62. The summed E-state index contributed by atoms with van der Waals surface area (Å²) in [7, 11) is 0. The van der Waals surface area contributed by atoms with E-state index in [2.05, 4.69) is 43.9 Å². The molecule has 0 spiro atoms. The molecule has 1 unspecified atom stereocenters. The Hall–Kier alpha value is -2.04. The first kappa shape index (κ1) is 24.6. The van der Waals surface area contributed by atoms with Crippen LogP contribution in [0.2, 0.25) is 5.02 Å². The Bertz CT molecular complexity index is 908. The van der Waals surface area contributed by atoms with Gasteiger partial charge in [-0.25, -0.2) is 0 Å². The fourth-order valence-corrected chi connectivity index (χ4v) is 4.71. The summed E-state index contributed by atoms with van der Waals surface area (Å²) in [6.45, 7) is 9.20. The maximum atomic E-state index is 10.9. The Morgan fingerprint density at radius 3 is 2.53 bits per heavy atom. The van der Waals surface area contributed by atoms with E-state index in [9.17, 15) is 4.79 Å². The molecule has 1 saturated heterocycles. The Morgan fingerprint density at radius 1 is 1.12 bits per heavy atom. The number of ether oxygens (including phenoxy) is 1. The van der Waals surface area contributed by atoms with Gasteiger partial charge in [-0.05, 0) is 73.4 Å². The van der Waals surface area contributed by atoms with Crippen molar-refractivity contribution in [2.75, 3.05) is 19.7 Å². The first-order valence-corrected chi connectivity index (χ1v) is 12.2. The molecule has 174 valence electrons. The zero-order chi connectivity index (χ0) is 23.1. The second-order valence-electron chi connectivity index (χ2n) is 9.26. The smallest absolute Gasteiger partial charge is 0.309 e. The molecule has 2 aromatic carbocycles. The molecular formula is C27H36ClNO3. The van der Waals surface area contributed by atoms with Crippen molar-refractivity contribution in [3.63, 3.8) is 0 Å². The normalized spacial score (nSPS) is 15.4. The second kappa shape index (κ2) is 11.7. The van der Waals surface area contributed by atoms with Gasteiger partial charge < -0.3 is 9.84 Å². The molecule has 0 bridgehead atoms. The predicted molar refractivity (Wildman–Crippen MR) is 131 cm³/mol. The van der Waals surface area contributed by atoms with Gasteiger partial charge in [0.25, 0.3) is 0 Å². The lowest BCUT2D eigenvalue weighted by Gasteiger charge is -2.36. The summed E-state index contributed by atoms with van der Waals surface area (Å²) >= 11 is 6.44. The van der Waals surface area contributed by atoms with Gasteiger partial charge >= 0.3 is 5.97 Å². The van der Waals surface area contributed by atoms with Crippen LogP contribution in [0.4, 0.5) is 0 Å². The van der Waals surface area contributed by atoms with Crippen molar-refractivity contribution >= 4 is 17.6 Å². The molecule has 1 heterocycles. The molecule has 4 nitrogen and oxygen atoms in total. The Balaban J connectivity index is 1.43. The topological polar surface area (TPSA) is 49.8 Å². The molecule has 3 rings (SSSR count). The maximum absolute atomic E-state index is 10.9. The quantitative estimate of drug-likeness (QED) is 0.380. The molecule has 0 amide bonds. The van der Waals surface area contributed by atoms with E-state index in [1.54, 1.807) is 0 Å². The summed E-state index contributed by atoms with van der Waals surface area (Å²) < 4.78 is 5.98. The van der Waals surface area contributed by atoms with Crippen LogP contribution in [-0.2, 0) is 17.8 Å². The highest BCUT2D eigenvalue weighted by molar-refractivity contribution is 6.32. The van der Waals surface area contributed by atoms with Crippen LogP contribution in [0.3, 0.4) is 0 Å². The van der Waals surface area contributed by atoms with E-state index in [0.717, 1.165) is 37.1 Å². The highest BCUT2D eigenvalue weighted by Gasteiger charge is 2.32. The fourth-order valence-electron chi connectivity index (χ4n) is 4.45. The number of likely N-dealkylation sites (tertiary alicyclic amines) is 1. The van der Waals surface area contributed by atoms with Crippen molar-refractivity contribution in [1.82, 2.24) is 4.90 Å². The first-order chi connectivity index (χ1) is 15.4. The SMILES string of the molecule is CCCC(CCCOc1ccc(CN2CC(C(=O)O)C2)cc1Cl)Cc1ccc(C)c(C)c1. The number of aryl methyl sites for hydroxylation is 2. The van der Waals surface area contributed by atoms with Gasteiger partial charge in [-0.1, -0.05) is 55.6 Å². The van der Waals surface area contributed by atoms with Crippen LogP contribution in [0.5, 0.6) is 5.75 Å². The molecule has 0 aromatic heterocycles. The average Bonchev–Trinajstić information content (AvgIpc) is 2.71. The van der Waals surface area contributed by atoms with Crippen LogP contribution in [0, 0.1) is 25.7 Å². The summed E-state index contributed by atoms with van der Waals surface area (Å²) in [6.07, 6.45) is 5.73. The molecule has 1 aliphatic heterocycles. The van der Waals surface area contributed by atoms with Crippen molar-refractivity contribution in [3.8, 4) is 5.75 Å². The molecule has 1 fully saturated rings. The molecule has 32 heavy (non-hydrogen) atoms. The Kier molecular flexibility index (Phi) is 9.01. The van der Waals surface area contributed by atoms with Crippen molar-refractivity contribution in [3.05, 3.63) is 63.7 Å². The summed E-state index contributed by atoms with van der Waals surface area (Å²) in [4.78, 5) is 13.1. The second-order valence-corrected chi connectivity index (χ2v) is 9.67. The highest BCUT2D eigenvalue weighted by Crippen LogP contribution is 2.28. The Labute approximate surface area is 197 Å². The van der Waals surface area contributed by atoms with E-state index in [0.29, 0.717) is 30.6 Å². The van der Waals surface area contributed by atoms with Crippen LogP contribution in [0.1, 0.15) is 54.9 Å². The minimum atomic E-state index is -0.710. The minimum absolute atomic E-state index is 0.236. The number of carboxylic acid groups (broad SMARTS) is 1. The number of rotatable bonds is 12. The van der Waals surface area contributed by atoms with Gasteiger partial charge in [0.1, 0.15) is 5.75 Å². The number of halogens is 1. The van der Waals surface area contributed by atoms with E-state index in [1.807, 2.05) is 18.2 Å². The lowest BCUT2D eigenvalue weighted by molar-refractivity contribution is -0.147. The van der Waals surface area contributed by atoms with Crippen molar-refractivity contribution < 1.29 is 14.6 Å². The highest BCUT2D eigenvalue weighted by atomic mass is 35.5. The van der Waals surface area contributed by atoms with Gasteiger partial charge in [0.05, 0.1) is 17.5 Å². The Morgan fingerprint density at radius 2 is 1.88 bits per heavy atom. The van der Waals surface area contributed by atoms with Gasteiger partial charge in [0.2, 0.25) is 0 Å². The van der Waals surface area contributed by atoms with E-state index in [4.69, 9.17) is 21.4 Å². The van der Waals surface area contributed by atoms with Crippen molar-refractivity contribution in [1.29, 1.82) is 0 Å². The zero-order valence-corrected chi connectivity index (χ0v) is 20.3.